The smallest absolute Gasteiger partial charge is 0.331 e. The van der Waals surface area contributed by atoms with Crippen molar-refractivity contribution in [1.82, 2.24) is 4.90 Å². The van der Waals surface area contributed by atoms with Gasteiger partial charge in [-0.3, -0.25) is 4.79 Å². The summed E-state index contributed by atoms with van der Waals surface area (Å²) in [5.74, 6) is 0.572. The number of nitrogens with zero attached hydrogens (tertiary/aromatic N) is 1. The summed E-state index contributed by atoms with van der Waals surface area (Å²) in [6, 6.07) is 13.4. The van der Waals surface area contributed by atoms with E-state index in [-0.39, 0.29) is 19.3 Å². The Morgan fingerprint density at radius 2 is 1.90 bits per heavy atom. The van der Waals surface area contributed by atoms with E-state index in [4.69, 9.17) is 14.2 Å². The van der Waals surface area contributed by atoms with Crippen LogP contribution in [0.15, 0.2) is 53.4 Å². The SMILES string of the molecule is CCN(Cc1ccc2c(c1)OCO2)C(=O)COC(=O)/C=C/c1ccc(SC)cc1. The second-order valence-electron chi connectivity index (χ2n) is 6.31. The zero-order chi connectivity index (χ0) is 20.6. The normalized spacial score (nSPS) is 12.2. The molecule has 0 unspecified atom stereocenters. The Morgan fingerprint density at radius 1 is 1.14 bits per heavy atom. The summed E-state index contributed by atoms with van der Waals surface area (Å²) < 4.78 is 15.8. The number of carbonyl (C=O) groups excluding carboxylic acids is 2. The van der Waals surface area contributed by atoms with Gasteiger partial charge in [-0.2, -0.15) is 0 Å². The van der Waals surface area contributed by atoms with Gasteiger partial charge in [0.15, 0.2) is 18.1 Å². The fraction of sp³-hybridized carbons (Fsp3) is 0.273. The van der Waals surface area contributed by atoms with Crippen LogP contribution in [-0.4, -0.2) is 43.0 Å². The number of esters is 1. The van der Waals surface area contributed by atoms with Gasteiger partial charge >= 0.3 is 5.97 Å². The van der Waals surface area contributed by atoms with Crippen LogP contribution in [0.1, 0.15) is 18.1 Å². The molecule has 3 rings (SSSR count). The number of likely N-dealkylation sites (N-methyl/N-ethyl adjacent to an activating group) is 1. The minimum atomic E-state index is -0.550. The first kappa shape index (κ1) is 20.8. The third-order valence-corrected chi connectivity index (χ3v) is 5.15. The van der Waals surface area contributed by atoms with Crippen molar-refractivity contribution in [3.05, 3.63) is 59.7 Å². The monoisotopic (exact) mass is 413 g/mol. The van der Waals surface area contributed by atoms with Crippen LogP contribution in [0.2, 0.25) is 0 Å². The molecule has 1 heterocycles. The number of carbonyl (C=O) groups is 2. The summed E-state index contributed by atoms with van der Waals surface area (Å²) in [5.41, 5.74) is 1.81. The van der Waals surface area contributed by atoms with Crippen LogP contribution in [0.5, 0.6) is 11.5 Å². The second-order valence-corrected chi connectivity index (χ2v) is 7.19. The van der Waals surface area contributed by atoms with E-state index in [2.05, 4.69) is 0 Å². The van der Waals surface area contributed by atoms with Crippen molar-refractivity contribution in [3.63, 3.8) is 0 Å². The van der Waals surface area contributed by atoms with Gasteiger partial charge in [-0.15, -0.1) is 11.8 Å². The maximum atomic E-state index is 12.4. The van der Waals surface area contributed by atoms with E-state index in [1.165, 1.54) is 6.08 Å². The van der Waals surface area contributed by atoms with Gasteiger partial charge in [0.25, 0.3) is 5.91 Å². The molecule has 1 aliphatic rings. The molecule has 152 valence electrons. The molecular weight excluding hydrogens is 390 g/mol. The molecule has 1 aliphatic heterocycles. The largest absolute Gasteiger partial charge is 0.454 e. The molecule has 0 aromatic heterocycles. The van der Waals surface area contributed by atoms with Crippen molar-refractivity contribution in [2.24, 2.45) is 0 Å². The Morgan fingerprint density at radius 3 is 2.62 bits per heavy atom. The highest BCUT2D eigenvalue weighted by Gasteiger charge is 2.17. The highest BCUT2D eigenvalue weighted by atomic mass is 32.2. The van der Waals surface area contributed by atoms with Gasteiger partial charge in [0.1, 0.15) is 0 Å². The van der Waals surface area contributed by atoms with Crippen LogP contribution in [-0.2, 0) is 20.9 Å². The van der Waals surface area contributed by atoms with Crippen molar-refractivity contribution in [3.8, 4) is 11.5 Å². The van der Waals surface area contributed by atoms with E-state index >= 15 is 0 Å². The molecule has 0 spiro atoms. The molecule has 0 saturated carbocycles. The van der Waals surface area contributed by atoms with E-state index in [0.717, 1.165) is 16.0 Å². The Hall–Kier alpha value is -2.93. The number of benzene rings is 2. The minimum Gasteiger partial charge on any atom is -0.454 e. The van der Waals surface area contributed by atoms with Gasteiger partial charge in [-0.1, -0.05) is 18.2 Å². The maximum Gasteiger partial charge on any atom is 0.331 e. The topological polar surface area (TPSA) is 65.1 Å². The van der Waals surface area contributed by atoms with Crippen LogP contribution < -0.4 is 9.47 Å². The summed E-state index contributed by atoms with van der Waals surface area (Å²) >= 11 is 1.65. The summed E-state index contributed by atoms with van der Waals surface area (Å²) in [4.78, 5) is 27.1. The number of hydrogen-bond donors (Lipinski definition) is 0. The molecule has 2 aromatic carbocycles. The number of fused-ring (bicyclic) bond motifs is 1. The van der Waals surface area contributed by atoms with Gasteiger partial charge < -0.3 is 19.1 Å². The standard InChI is InChI=1S/C22H23NO5S/c1-3-23(13-17-6-10-19-20(12-17)28-15-27-19)21(24)14-26-22(25)11-7-16-4-8-18(29-2)9-5-16/h4-12H,3,13-15H2,1-2H3/b11-7+. The van der Waals surface area contributed by atoms with E-state index in [9.17, 15) is 9.59 Å². The minimum absolute atomic E-state index is 0.209. The van der Waals surface area contributed by atoms with Gasteiger partial charge in [-0.25, -0.2) is 4.79 Å². The average Bonchev–Trinajstić information content (AvgIpc) is 3.22. The van der Waals surface area contributed by atoms with Crippen molar-refractivity contribution in [2.75, 3.05) is 26.2 Å². The van der Waals surface area contributed by atoms with Crippen molar-refractivity contribution < 1.29 is 23.8 Å². The molecule has 0 fully saturated rings. The lowest BCUT2D eigenvalue weighted by atomic mass is 10.2. The molecule has 0 N–H and O–H groups in total. The van der Waals surface area contributed by atoms with Crippen LogP contribution in [0.4, 0.5) is 0 Å². The maximum absolute atomic E-state index is 12.4. The third kappa shape index (κ3) is 5.77. The predicted molar refractivity (Wildman–Crippen MR) is 112 cm³/mol. The molecular formula is C22H23NO5S. The molecule has 0 bridgehead atoms. The summed E-state index contributed by atoms with van der Waals surface area (Å²) in [6.07, 6.45) is 5.00. The van der Waals surface area contributed by atoms with E-state index in [1.54, 1.807) is 22.7 Å². The first-order chi connectivity index (χ1) is 14.1. The summed E-state index contributed by atoms with van der Waals surface area (Å²) in [7, 11) is 0. The molecule has 1 amide bonds. The second kappa shape index (κ2) is 10.0. The quantitative estimate of drug-likeness (QED) is 0.373. The van der Waals surface area contributed by atoms with E-state index in [1.807, 2.05) is 55.6 Å². The van der Waals surface area contributed by atoms with Gasteiger partial charge in [0.2, 0.25) is 6.79 Å². The van der Waals surface area contributed by atoms with Crippen LogP contribution in [0.25, 0.3) is 6.08 Å². The van der Waals surface area contributed by atoms with Crippen LogP contribution >= 0.6 is 11.8 Å². The molecule has 2 aromatic rings. The van der Waals surface area contributed by atoms with E-state index in [0.29, 0.717) is 24.6 Å². The van der Waals surface area contributed by atoms with Crippen molar-refractivity contribution in [2.45, 2.75) is 18.4 Å². The fourth-order valence-electron chi connectivity index (χ4n) is 2.79. The van der Waals surface area contributed by atoms with Gasteiger partial charge in [-0.05, 0) is 54.6 Å². The molecule has 7 heteroatoms. The lowest BCUT2D eigenvalue weighted by Gasteiger charge is -2.20. The fourth-order valence-corrected chi connectivity index (χ4v) is 3.20. The lowest BCUT2D eigenvalue weighted by Crippen LogP contribution is -2.33. The first-order valence-corrected chi connectivity index (χ1v) is 10.5. The molecule has 0 saturated heterocycles. The van der Waals surface area contributed by atoms with Crippen LogP contribution in [0, 0.1) is 0 Å². The van der Waals surface area contributed by atoms with Crippen LogP contribution in [0.3, 0.4) is 0 Å². The number of amides is 1. The summed E-state index contributed by atoms with van der Waals surface area (Å²) in [6.45, 7) is 2.70. The molecule has 0 radical (unpaired) electrons. The highest BCUT2D eigenvalue weighted by Crippen LogP contribution is 2.32. The molecule has 0 atom stereocenters. The number of rotatable bonds is 8. The molecule has 29 heavy (non-hydrogen) atoms. The highest BCUT2D eigenvalue weighted by molar-refractivity contribution is 7.98. The predicted octanol–water partition coefficient (Wildman–Crippen LogP) is 3.74. The lowest BCUT2D eigenvalue weighted by molar-refractivity contribution is -0.148. The zero-order valence-electron chi connectivity index (χ0n) is 16.4. The van der Waals surface area contributed by atoms with Crippen molar-refractivity contribution >= 4 is 29.7 Å². The van der Waals surface area contributed by atoms with Gasteiger partial charge in [0, 0.05) is 24.1 Å². The molecule has 6 nitrogen and oxygen atoms in total. The number of thioether (sulfide) groups is 1. The Balaban J connectivity index is 1.49. The Bertz CT molecular complexity index is 895. The number of ether oxygens (including phenoxy) is 3. The molecule has 0 aliphatic carbocycles. The Labute approximate surface area is 174 Å². The first-order valence-electron chi connectivity index (χ1n) is 9.24. The van der Waals surface area contributed by atoms with Crippen molar-refractivity contribution in [1.29, 1.82) is 0 Å². The number of hydrogen-bond acceptors (Lipinski definition) is 6. The zero-order valence-corrected chi connectivity index (χ0v) is 17.2. The third-order valence-electron chi connectivity index (χ3n) is 4.41. The Kier molecular flexibility index (Phi) is 7.19. The summed E-state index contributed by atoms with van der Waals surface area (Å²) in [5, 5.41) is 0. The average molecular weight is 413 g/mol. The van der Waals surface area contributed by atoms with Gasteiger partial charge in [0.05, 0.1) is 0 Å². The van der Waals surface area contributed by atoms with E-state index < -0.39 is 5.97 Å².